The van der Waals surface area contributed by atoms with Gasteiger partial charge in [-0.3, -0.25) is 5.32 Å². The normalized spacial score (nSPS) is 10.8. The molecular weight excluding hydrogens is 220 g/mol. The number of benzene rings is 1. The molecule has 0 bridgehead atoms. The third-order valence-corrected chi connectivity index (χ3v) is 1.83. The Bertz CT molecular complexity index is 386. The molecule has 94 valence electrons. The summed E-state index contributed by atoms with van der Waals surface area (Å²) in [5.74, 6) is 0. The van der Waals surface area contributed by atoms with Gasteiger partial charge < -0.3 is 15.2 Å². The van der Waals surface area contributed by atoms with Crippen LogP contribution in [0.5, 0.6) is 0 Å². The minimum Gasteiger partial charge on any atom is -0.444 e. The minimum atomic E-state index is -0.538. The average molecular weight is 238 g/mol. The van der Waals surface area contributed by atoms with E-state index in [1.165, 1.54) is 0 Å². The molecule has 0 radical (unpaired) electrons. The van der Waals surface area contributed by atoms with Crippen LogP contribution in [0, 0.1) is 0 Å². The van der Waals surface area contributed by atoms with Gasteiger partial charge in [0, 0.05) is 0 Å². The Balaban J connectivity index is 2.71. The van der Waals surface area contributed by atoms with Crippen LogP contribution >= 0.6 is 0 Å². The monoisotopic (exact) mass is 238 g/mol. The van der Waals surface area contributed by atoms with Gasteiger partial charge in [0.15, 0.2) is 0 Å². The van der Waals surface area contributed by atoms with Crippen molar-refractivity contribution in [2.75, 3.05) is 17.4 Å². The molecule has 0 aromatic heterocycles. The Hall–Kier alpha value is -1.75. The molecule has 1 amide bonds. The first-order chi connectivity index (χ1) is 7.92. The van der Waals surface area contributed by atoms with E-state index in [4.69, 9.17) is 9.84 Å². The fraction of sp³-hybridized carbons (Fsp3) is 0.417. The van der Waals surface area contributed by atoms with Crippen molar-refractivity contribution < 1.29 is 14.6 Å². The Labute approximate surface area is 101 Å². The van der Waals surface area contributed by atoms with Crippen molar-refractivity contribution in [3.63, 3.8) is 0 Å². The number of hydrogen-bond acceptors (Lipinski definition) is 4. The first kappa shape index (κ1) is 13.3. The van der Waals surface area contributed by atoms with Gasteiger partial charge in [-0.2, -0.15) is 0 Å². The highest BCUT2D eigenvalue weighted by molar-refractivity contribution is 5.89. The molecule has 1 aromatic rings. The molecular formula is C12H18N2O3. The predicted molar refractivity (Wildman–Crippen MR) is 67.0 cm³/mol. The number of aliphatic hydroxyl groups excluding tert-OH is 1. The van der Waals surface area contributed by atoms with Gasteiger partial charge in [0.2, 0.25) is 0 Å². The molecule has 0 aliphatic heterocycles. The fourth-order valence-electron chi connectivity index (χ4n) is 1.25. The summed E-state index contributed by atoms with van der Waals surface area (Å²) in [5.41, 5.74) is 0.667. The highest BCUT2D eigenvalue weighted by atomic mass is 16.6. The van der Waals surface area contributed by atoms with Gasteiger partial charge in [-0.05, 0) is 32.9 Å². The summed E-state index contributed by atoms with van der Waals surface area (Å²) in [5, 5.41) is 14.2. The number of amides is 1. The maximum atomic E-state index is 11.6. The zero-order valence-electron chi connectivity index (χ0n) is 10.3. The Morgan fingerprint density at radius 3 is 2.41 bits per heavy atom. The molecule has 17 heavy (non-hydrogen) atoms. The molecule has 0 aliphatic rings. The number of nitrogens with one attached hydrogen (secondary N) is 2. The van der Waals surface area contributed by atoms with E-state index in [9.17, 15) is 4.79 Å². The summed E-state index contributed by atoms with van der Waals surface area (Å²) in [6, 6.07) is 7.07. The van der Waals surface area contributed by atoms with E-state index in [1.807, 2.05) is 0 Å². The van der Waals surface area contributed by atoms with E-state index in [0.29, 0.717) is 11.4 Å². The van der Waals surface area contributed by atoms with E-state index in [1.54, 1.807) is 45.0 Å². The highest BCUT2D eigenvalue weighted by Crippen LogP contribution is 2.21. The van der Waals surface area contributed by atoms with Gasteiger partial charge in [-0.15, -0.1) is 0 Å². The van der Waals surface area contributed by atoms with Crippen molar-refractivity contribution in [2.45, 2.75) is 26.4 Å². The Morgan fingerprint density at radius 2 is 1.88 bits per heavy atom. The van der Waals surface area contributed by atoms with Crippen LogP contribution in [0.2, 0.25) is 0 Å². The van der Waals surface area contributed by atoms with Crippen molar-refractivity contribution in [3.8, 4) is 0 Å². The molecule has 0 fully saturated rings. The standard InChI is InChI=1S/C12H18N2O3/c1-12(2,3)17-11(16)14-10-7-5-4-6-9(10)13-8-15/h4-7,13,15H,8H2,1-3H3,(H,14,16). The fourth-order valence-corrected chi connectivity index (χ4v) is 1.25. The summed E-state index contributed by atoms with van der Waals surface area (Å²) in [4.78, 5) is 11.6. The molecule has 5 heteroatoms. The molecule has 0 spiro atoms. The number of rotatable bonds is 3. The lowest BCUT2D eigenvalue weighted by Gasteiger charge is -2.20. The van der Waals surface area contributed by atoms with Crippen molar-refractivity contribution in [1.82, 2.24) is 0 Å². The molecule has 0 heterocycles. The first-order valence-electron chi connectivity index (χ1n) is 5.36. The maximum Gasteiger partial charge on any atom is 0.412 e. The number of aliphatic hydroxyl groups is 1. The van der Waals surface area contributed by atoms with E-state index < -0.39 is 11.7 Å². The Kier molecular flexibility index (Phi) is 4.34. The lowest BCUT2D eigenvalue weighted by Crippen LogP contribution is -2.27. The maximum absolute atomic E-state index is 11.6. The number of carbonyl (C=O) groups excluding carboxylic acids is 1. The topological polar surface area (TPSA) is 70.6 Å². The number of ether oxygens (including phenoxy) is 1. The van der Waals surface area contributed by atoms with E-state index in [2.05, 4.69) is 10.6 Å². The third kappa shape index (κ3) is 4.74. The van der Waals surface area contributed by atoms with Crippen LogP contribution in [-0.4, -0.2) is 23.5 Å². The predicted octanol–water partition coefficient (Wildman–Crippen LogP) is 2.40. The van der Waals surface area contributed by atoms with Crippen LogP contribution in [0.4, 0.5) is 16.2 Å². The van der Waals surface area contributed by atoms with Crippen LogP contribution < -0.4 is 10.6 Å². The molecule has 0 aliphatic carbocycles. The summed E-state index contributed by atoms with van der Waals surface area (Å²) < 4.78 is 5.13. The SMILES string of the molecule is CC(C)(C)OC(=O)Nc1ccccc1NCO. The molecule has 0 atom stereocenters. The third-order valence-electron chi connectivity index (χ3n) is 1.83. The van der Waals surface area contributed by atoms with Gasteiger partial charge in [-0.25, -0.2) is 4.79 Å². The lowest BCUT2D eigenvalue weighted by molar-refractivity contribution is 0.0636. The van der Waals surface area contributed by atoms with Gasteiger partial charge in [0.25, 0.3) is 0 Å². The quantitative estimate of drug-likeness (QED) is 0.707. The second-order valence-electron chi connectivity index (χ2n) is 4.51. The van der Waals surface area contributed by atoms with Gasteiger partial charge >= 0.3 is 6.09 Å². The molecule has 1 aromatic carbocycles. The van der Waals surface area contributed by atoms with Crippen LogP contribution in [-0.2, 0) is 4.74 Å². The van der Waals surface area contributed by atoms with Crippen molar-refractivity contribution in [3.05, 3.63) is 24.3 Å². The van der Waals surface area contributed by atoms with Gasteiger partial charge in [0.1, 0.15) is 12.3 Å². The summed E-state index contributed by atoms with van der Waals surface area (Å²) in [6.07, 6.45) is -0.523. The molecule has 0 saturated heterocycles. The van der Waals surface area contributed by atoms with Crippen molar-refractivity contribution >= 4 is 17.5 Å². The van der Waals surface area contributed by atoms with Crippen LogP contribution in [0.15, 0.2) is 24.3 Å². The molecule has 0 unspecified atom stereocenters. The largest absolute Gasteiger partial charge is 0.444 e. The molecule has 5 nitrogen and oxygen atoms in total. The zero-order chi connectivity index (χ0) is 12.9. The van der Waals surface area contributed by atoms with Crippen LogP contribution in [0.25, 0.3) is 0 Å². The molecule has 0 saturated carbocycles. The number of anilines is 2. The number of para-hydroxylation sites is 2. The Morgan fingerprint density at radius 1 is 1.29 bits per heavy atom. The van der Waals surface area contributed by atoms with Crippen LogP contribution in [0.1, 0.15) is 20.8 Å². The second-order valence-corrected chi connectivity index (χ2v) is 4.51. The second kappa shape index (κ2) is 5.54. The molecule has 1 rings (SSSR count). The zero-order valence-corrected chi connectivity index (χ0v) is 10.3. The lowest BCUT2D eigenvalue weighted by atomic mass is 10.2. The van der Waals surface area contributed by atoms with E-state index in [0.717, 1.165) is 0 Å². The van der Waals surface area contributed by atoms with E-state index >= 15 is 0 Å². The highest BCUT2D eigenvalue weighted by Gasteiger charge is 2.16. The first-order valence-corrected chi connectivity index (χ1v) is 5.36. The van der Waals surface area contributed by atoms with Crippen molar-refractivity contribution in [1.29, 1.82) is 0 Å². The summed E-state index contributed by atoms with van der Waals surface area (Å²) >= 11 is 0. The van der Waals surface area contributed by atoms with Gasteiger partial charge in [-0.1, -0.05) is 12.1 Å². The minimum absolute atomic E-state index is 0.201. The number of hydrogen-bond donors (Lipinski definition) is 3. The van der Waals surface area contributed by atoms with E-state index in [-0.39, 0.29) is 6.73 Å². The number of carbonyl (C=O) groups is 1. The van der Waals surface area contributed by atoms with Gasteiger partial charge in [0.05, 0.1) is 11.4 Å². The molecule has 3 N–H and O–H groups in total. The van der Waals surface area contributed by atoms with Crippen molar-refractivity contribution in [2.24, 2.45) is 0 Å². The summed E-state index contributed by atoms with van der Waals surface area (Å²) in [6.45, 7) is 5.19. The summed E-state index contributed by atoms with van der Waals surface area (Å²) in [7, 11) is 0. The average Bonchev–Trinajstić information content (AvgIpc) is 2.18. The smallest absolute Gasteiger partial charge is 0.412 e. The van der Waals surface area contributed by atoms with Crippen LogP contribution in [0.3, 0.4) is 0 Å².